The number of benzene rings is 1. The summed E-state index contributed by atoms with van der Waals surface area (Å²) in [6.45, 7) is 6.05. The van der Waals surface area contributed by atoms with Crippen LogP contribution in [0.25, 0.3) is 11.0 Å². The monoisotopic (exact) mass is 408 g/mol. The molecular weight excluding hydrogens is 384 g/mol. The summed E-state index contributed by atoms with van der Waals surface area (Å²) in [5, 5.41) is 3.67. The fourth-order valence-electron chi connectivity index (χ4n) is 4.03. The van der Waals surface area contributed by atoms with Crippen LogP contribution in [0.2, 0.25) is 0 Å². The zero-order chi connectivity index (χ0) is 21.6. The van der Waals surface area contributed by atoms with Crippen molar-refractivity contribution < 1.29 is 23.5 Å². The lowest BCUT2D eigenvalue weighted by atomic mass is 9.98. The summed E-state index contributed by atoms with van der Waals surface area (Å²) in [6.07, 6.45) is 1.80. The number of rotatable bonds is 6. The molecular formula is C23H24N2O5. The fourth-order valence-corrected chi connectivity index (χ4v) is 4.03. The number of furan rings is 1. The summed E-state index contributed by atoms with van der Waals surface area (Å²) in [7, 11) is 1.74. The average Bonchev–Trinajstić information content (AvgIpc) is 3.22. The van der Waals surface area contributed by atoms with Crippen LogP contribution >= 0.6 is 0 Å². The normalized spacial score (nSPS) is 15.1. The number of carbonyl (C=O) groups is 3. The number of nitrogens with zero attached hydrogens (tertiary/aromatic N) is 1. The first kappa shape index (κ1) is 20.1. The largest absolute Gasteiger partial charge is 0.464 e. The van der Waals surface area contributed by atoms with Gasteiger partial charge in [0.2, 0.25) is 0 Å². The van der Waals surface area contributed by atoms with Crippen LogP contribution in [-0.2, 0) is 23.0 Å². The molecule has 2 aromatic heterocycles. The van der Waals surface area contributed by atoms with E-state index in [4.69, 9.17) is 9.15 Å². The number of Topliss-reactive ketones (excluding diaryl/α,β-unsaturated/α-hetero) is 2. The number of ketones is 2. The standard InChI is InChI=1S/C23H24N2O5/c1-13-19(21(27)22(28)24-23(3)11-29-12-23)14(2)25(4)20(13)17(26)10-15-5-6-18-16(9-15)7-8-30-18/h5-9H,10-12H2,1-4H3,(H,24,28). The van der Waals surface area contributed by atoms with E-state index >= 15 is 0 Å². The SMILES string of the molecule is Cc1c(C(=O)C(=O)NC2(C)COC2)c(C)n(C)c1C(=O)Cc1ccc2occc2c1. The number of fused-ring (bicyclic) bond motifs is 1. The van der Waals surface area contributed by atoms with Gasteiger partial charge in [0.25, 0.3) is 11.7 Å². The van der Waals surface area contributed by atoms with Crippen molar-refractivity contribution >= 4 is 28.4 Å². The van der Waals surface area contributed by atoms with Gasteiger partial charge in [0.15, 0.2) is 5.78 Å². The van der Waals surface area contributed by atoms with E-state index in [-0.39, 0.29) is 17.8 Å². The van der Waals surface area contributed by atoms with Crippen molar-refractivity contribution in [3.8, 4) is 0 Å². The molecule has 0 aliphatic carbocycles. The topological polar surface area (TPSA) is 90.5 Å². The molecule has 30 heavy (non-hydrogen) atoms. The Kier molecular flexibility index (Phi) is 4.86. The summed E-state index contributed by atoms with van der Waals surface area (Å²) >= 11 is 0. The Hall–Kier alpha value is -3.19. The summed E-state index contributed by atoms with van der Waals surface area (Å²) in [4.78, 5) is 38.5. The van der Waals surface area contributed by atoms with E-state index in [0.717, 1.165) is 16.5 Å². The predicted octanol–water partition coefficient (Wildman–Crippen LogP) is 2.90. The molecule has 0 radical (unpaired) electrons. The van der Waals surface area contributed by atoms with Crippen molar-refractivity contribution in [1.82, 2.24) is 9.88 Å². The molecule has 4 rings (SSSR count). The van der Waals surface area contributed by atoms with Gasteiger partial charge in [-0.3, -0.25) is 14.4 Å². The molecule has 1 saturated heterocycles. The number of ether oxygens (including phenoxy) is 1. The highest BCUT2D eigenvalue weighted by Crippen LogP contribution is 2.25. The van der Waals surface area contributed by atoms with E-state index in [1.807, 2.05) is 31.2 Å². The quantitative estimate of drug-likeness (QED) is 0.500. The van der Waals surface area contributed by atoms with E-state index in [1.165, 1.54) is 0 Å². The van der Waals surface area contributed by atoms with E-state index in [2.05, 4.69) is 5.32 Å². The van der Waals surface area contributed by atoms with Crippen molar-refractivity contribution in [2.45, 2.75) is 32.7 Å². The van der Waals surface area contributed by atoms with Crippen LogP contribution in [0.3, 0.4) is 0 Å². The number of nitrogens with one attached hydrogen (secondary N) is 1. The number of hydrogen-bond acceptors (Lipinski definition) is 5. The number of carbonyl (C=O) groups excluding carboxylic acids is 3. The molecule has 1 aliphatic rings. The Morgan fingerprint density at radius 2 is 1.90 bits per heavy atom. The minimum Gasteiger partial charge on any atom is -0.464 e. The summed E-state index contributed by atoms with van der Waals surface area (Å²) in [6, 6.07) is 7.47. The Labute approximate surface area is 174 Å². The van der Waals surface area contributed by atoms with Crippen molar-refractivity contribution in [3.63, 3.8) is 0 Å². The van der Waals surface area contributed by atoms with Gasteiger partial charge in [0, 0.05) is 24.5 Å². The molecule has 1 amide bonds. The molecule has 0 unspecified atom stereocenters. The molecule has 7 nitrogen and oxygen atoms in total. The average molecular weight is 408 g/mol. The van der Waals surface area contributed by atoms with Crippen LogP contribution in [-0.4, -0.2) is 40.8 Å². The maximum Gasteiger partial charge on any atom is 0.293 e. The summed E-state index contributed by atoms with van der Waals surface area (Å²) < 4.78 is 12.2. The first-order valence-corrected chi connectivity index (χ1v) is 9.80. The molecule has 1 aromatic carbocycles. The third-order valence-corrected chi connectivity index (χ3v) is 5.77. The lowest BCUT2D eigenvalue weighted by Crippen LogP contribution is -2.61. The van der Waals surface area contributed by atoms with E-state index in [1.54, 1.807) is 31.7 Å². The highest BCUT2D eigenvalue weighted by molar-refractivity contribution is 6.43. The Morgan fingerprint density at radius 1 is 1.17 bits per heavy atom. The third kappa shape index (κ3) is 3.35. The molecule has 1 N–H and O–H groups in total. The van der Waals surface area contributed by atoms with E-state index in [0.29, 0.717) is 30.2 Å². The fraction of sp³-hybridized carbons (Fsp3) is 0.348. The van der Waals surface area contributed by atoms with Crippen LogP contribution in [0.4, 0.5) is 0 Å². The second kappa shape index (κ2) is 7.25. The van der Waals surface area contributed by atoms with Gasteiger partial charge in [0.1, 0.15) is 5.58 Å². The lowest BCUT2D eigenvalue weighted by Gasteiger charge is -2.38. The molecule has 3 aromatic rings. The molecule has 0 atom stereocenters. The van der Waals surface area contributed by atoms with Crippen molar-refractivity contribution in [2.75, 3.05) is 13.2 Å². The first-order valence-electron chi connectivity index (χ1n) is 9.80. The van der Waals surface area contributed by atoms with Crippen molar-refractivity contribution in [2.24, 2.45) is 7.05 Å². The van der Waals surface area contributed by atoms with Gasteiger partial charge in [0.05, 0.1) is 36.3 Å². The van der Waals surface area contributed by atoms with Crippen LogP contribution in [0.5, 0.6) is 0 Å². The molecule has 1 aliphatic heterocycles. The van der Waals surface area contributed by atoms with Crippen LogP contribution in [0.1, 0.15) is 44.6 Å². The maximum absolute atomic E-state index is 13.1. The first-order chi connectivity index (χ1) is 14.2. The molecule has 0 spiro atoms. The summed E-state index contributed by atoms with van der Waals surface area (Å²) in [5.74, 6) is -1.42. The molecule has 3 heterocycles. The Balaban J connectivity index is 1.60. The van der Waals surface area contributed by atoms with Gasteiger partial charge in [-0.15, -0.1) is 0 Å². The Morgan fingerprint density at radius 3 is 2.57 bits per heavy atom. The number of aromatic nitrogens is 1. The van der Waals surface area contributed by atoms with Crippen LogP contribution in [0.15, 0.2) is 34.9 Å². The van der Waals surface area contributed by atoms with E-state index in [9.17, 15) is 14.4 Å². The highest BCUT2D eigenvalue weighted by atomic mass is 16.5. The second-order valence-electron chi connectivity index (χ2n) is 8.22. The van der Waals surface area contributed by atoms with E-state index < -0.39 is 17.2 Å². The smallest absolute Gasteiger partial charge is 0.293 e. The van der Waals surface area contributed by atoms with Crippen LogP contribution < -0.4 is 5.32 Å². The molecule has 0 saturated carbocycles. The van der Waals surface area contributed by atoms with Gasteiger partial charge in [-0.25, -0.2) is 0 Å². The van der Waals surface area contributed by atoms with Gasteiger partial charge in [-0.05, 0) is 50.1 Å². The third-order valence-electron chi connectivity index (χ3n) is 5.77. The number of amides is 1. The minimum absolute atomic E-state index is 0.111. The molecule has 156 valence electrons. The minimum atomic E-state index is -0.679. The lowest BCUT2D eigenvalue weighted by molar-refractivity contribution is -0.126. The second-order valence-corrected chi connectivity index (χ2v) is 8.22. The van der Waals surface area contributed by atoms with Crippen molar-refractivity contribution in [1.29, 1.82) is 0 Å². The molecule has 7 heteroatoms. The maximum atomic E-state index is 13.1. The van der Waals surface area contributed by atoms with Crippen molar-refractivity contribution in [3.05, 3.63) is 58.6 Å². The molecule has 1 fully saturated rings. The zero-order valence-electron chi connectivity index (χ0n) is 17.5. The summed E-state index contributed by atoms with van der Waals surface area (Å²) in [5.41, 5.74) is 2.95. The van der Waals surface area contributed by atoms with Gasteiger partial charge < -0.3 is 19.0 Å². The van der Waals surface area contributed by atoms with Gasteiger partial charge in [-0.1, -0.05) is 6.07 Å². The predicted molar refractivity (Wildman–Crippen MR) is 111 cm³/mol. The van der Waals surface area contributed by atoms with Gasteiger partial charge in [-0.2, -0.15) is 0 Å². The van der Waals surface area contributed by atoms with Gasteiger partial charge >= 0.3 is 0 Å². The zero-order valence-corrected chi connectivity index (χ0v) is 17.5. The van der Waals surface area contributed by atoms with Crippen LogP contribution in [0, 0.1) is 13.8 Å². The highest BCUT2D eigenvalue weighted by Gasteiger charge is 2.38. The molecule has 0 bridgehead atoms. The Bertz CT molecular complexity index is 1180. The number of hydrogen-bond donors (Lipinski definition) is 1.